The zero-order valence-corrected chi connectivity index (χ0v) is 11.2. The first-order valence-electron chi connectivity index (χ1n) is 6.79. The molecule has 0 saturated carbocycles. The van der Waals surface area contributed by atoms with Crippen LogP contribution in [0.5, 0.6) is 0 Å². The van der Waals surface area contributed by atoms with Crippen LogP contribution in [0, 0.1) is 5.92 Å². The quantitative estimate of drug-likeness (QED) is 0.856. The van der Waals surface area contributed by atoms with E-state index in [0.717, 1.165) is 31.5 Å². The van der Waals surface area contributed by atoms with Gasteiger partial charge in [-0.15, -0.1) is 0 Å². The Morgan fingerprint density at radius 2 is 2.06 bits per heavy atom. The second-order valence-electron chi connectivity index (χ2n) is 5.22. The van der Waals surface area contributed by atoms with E-state index in [4.69, 9.17) is 0 Å². The molecule has 3 nitrogen and oxygen atoms in total. The van der Waals surface area contributed by atoms with E-state index in [-0.39, 0.29) is 11.9 Å². The highest BCUT2D eigenvalue weighted by Gasteiger charge is 2.20. The summed E-state index contributed by atoms with van der Waals surface area (Å²) >= 11 is 0. The average molecular weight is 246 g/mol. The lowest BCUT2D eigenvalue weighted by Gasteiger charge is -2.28. The van der Waals surface area contributed by atoms with Gasteiger partial charge in [-0.25, -0.2) is 0 Å². The first kappa shape index (κ1) is 13.1. The van der Waals surface area contributed by atoms with Crippen molar-refractivity contribution in [1.82, 2.24) is 10.6 Å². The number of amides is 1. The van der Waals surface area contributed by atoms with Gasteiger partial charge in [-0.05, 0) is 43.0 Å². The van der Waals surface area contributed by atoms with Crippen LogP contribution in [0.2, 0.25) is 0 Å². The van der Waals surface area contributed by atoms with Crippen LogP contribution < -0.4 is 10.6 Å². The van der Waals surface area contributed by atoms with E-state index in [1.54, 1.807) is 0 Å². The number of benzene rings is 1. The van der Waals surface area contributed by atoms with Crippen LogP contribution in [0.25, 0.3) is 0 Å². The predicted molar refractivity (Wildman–Crippen MR) is 73.7 cm³/mol. The Labute approximate surface area is 109 Å². The van der Waals surface area contributed by atoms with Crippen LogP contribution in [0.1, 0.15) is 36.2 Å². The molecule has 2 rings (SSSR count). The molecule has 0 radical (unpaired) electrons. The molecule has 2 atom stereocenters. The Morgan fingerprint density at radius 3 is 2.67 bits per heavy atom. The monoisotopic (exact) mass is 246 g/mol. The van der Waals surface area contributed by atoms with E-state index in [1.807, 2.05) is 24.3 Å². The third kappa shape index (κ3) is 3.33. The summed E-state index contributed by atoms with van der Waals surface area (Å²) in [6, 6.07) is 8.13. The standard InChI is InChI=1S/C15H22N2O/c1-3-12-4-6-13(7-5-12)15(18)17-14-8-11(2)9-16-10-14/h4-7,11,14,16H,3,8-10H2,1-2H3,(H,17,18). The highest BCUT2D eigenvalue weighted by molar-refractivity contribution is 5.94. The molecule has 98 valence electrons. The third-order valence-corrected chi connectivity index (χ3v) is 3.53. The minimum absolute atomic E-state index is 0.0403. The number of hydrogen-bond donors (Lipinski definition) is 2. The van der Waals surface area contributed by atoms with E-state index in [1.165, 1.54) is 5.56 Å². The van der Waals surface area contributed by atoms with Crippen molar-refractivity contribution in [2.45, 2.75) is 32.7 Å². The molecule has 0 aliphatic carbocycles. The van der Waals surface area contributed by atoms with Crippen molar-refractivity contribution in [3.8, 4) is 0 Å². The fourth-order valence-electron chi connectivity index (χ4n) is 2.43. The summed E-state index contributed by atoms with van der Waals surface area (Å²) in [6.07, 6.45) is 2.07. The minimum Gasteiger partial charge on any atom is -0.348 e. The van der Waals surface area contributed by atoms with Crippen LogP contribution in [0.4, 0.5) is 0 Å². The maximum absolute atomic E-state index is 12.1. The van der Waals surface area contributed by atoms with Crippen molar-refractivity contribution in [2.75, 3.05) is 13.1 Å². The van der Waals surface area contributed by atoms with Crippen molar-refractivity contribution in [3.05, 3.63) is 35.4 Å². The van der Waals surface area contributed by atoms with Gasteiger partial charge in [0.2, 0.25) is 0 Å². The summed E-state index contributed by atoms with van der Waals surface area (Å²) in [4.78, 5) is 12.1. The Bertz CT molecular complexity index is 399. The molecule has 0 spiro atoms. The molecule has 3 heteroatoms. The largest absolute Gasteiger partial charge is 0.348 e. The lowest BCUT2D eigenvalue weighted by molar-refractivity contribution is 0.0925. The maximum Gasteiger partial charge on any atom is 0.251 e. The van der Waals surface area contributed by atoms with E-state index in [9.17, 15) is 4.79 Å². The second-order valence-corrected chi connectivity index (χ2v) is 5.22. The van der Waals surface area contributed by atoms with Gasteiger partial charge in [0.1, 0.15) is 0 Å². The van der Waals surface area contributed by atoms with Crippen molar-refractivity contribution in [3.63, 3.8) is 0 Å². The molecule has 1 saturated heterocycles. The molecule has 1 fully saturated rings. The molecular weight excluding hydrogens is 224 g/mol. The lowest BCUT2D eigenvalue weighted by Crippen LogP contribution is -2.48. The summed E-state index contributed by atoms with van der Waals surface area (Å²) < 4.78 is 0. The molecule has 1 amide bonds. The van der Waals surface area contributed by atoms with Crippen LogP contribution >= 0.6 is 0 Å². The van der Waals surface area contributed by atoms with Crippen LogP contribution in [-0.2, 0) is 6.42 Å². The summed E-state index contributed by atoms with van der Waals surface area (Å²) in [5, 5.41) is 6.45. The number of carbonyl (C=O) groups excluding carboxylic acids is 1. The van der Waals surface area contributed by atoms with E-state index in [2.05, 4.69) is 24.5 Å². The minimum atomic E-state index is 0.0403. The summed E-state index contributed by atoms with van der Waals surface area (Å²) in [6.45, 7) is 6.26. The smallest absolute Gasteiger partial charge is 0.251 e. The molecule has 0 bridgehead atoms. The van der Waals surface area contributed by atoms with Gasteiger partial charge in [-0.3, -0.25) is 4.79 Å². The van der Waals surface area contributed by atoms with Gasteiger partial charge in [0.25, 0.3) is 5.91 Å². The predicted octanol–water partition coefficient (Wildman–Crippen LogP) is 1.98. The van der Waals surface area contributed by atoms with Crippen LogP contribution in [-0.4, -0.2) is 25.0 Å². The number of aryl methyl sites for hydroxylation is 1. The topological polar surface area (TPSA) is 41.1 Å². The normalized spacial score (nSPS) is 23.7. The lowest BCUT2D eigenvalue weighted by atomic mass is 9.97. The van der Waals surface area contributed by atoms with Gasteiger partial charge in [-0.1, -0.05) is 26.0 Å². The number of rotatable bonds is 3. The molecule has 0 aromatic heterocycles. The van der Waals surface area contributed by atoms with Gasteiger partial charge in [0, 0.05) is 18.2 Å². The molecule has 1 aromatic rings. The zero-order valence-electron chi connectivity index (χ0n) is 11.2. The van der Waals surface area contributed by atoms with Gasteiger partial charge >= 0.3 is 0 Å². The van der Waals surface area contributed by atoms with Crippen molar-refractivity contribution in [2.24, 2.45) is 5.92 Å². The SMILES string of the molecule is CCc1ccc(C(=O)NC2CNCC(C)C2)cc1. The number of carbonyl (C=O) groups is 1. The Hall–Kier alpha value is -1.35. The van der Waals surface area contributed by atoms with Gasteiger partial charge in [-0.2, -0.15) is 0 Å². The van der Waals surface area contributed by atoms with Gasteiger partial charge in [0.05, 0.1) is 0 Å². The molecule has 2 unspecified atom stereocenters. The molecular formula is C15H22N2O. The molecule has 1 aliphatic heterocycles. The Morgan fingerprint density at radius 1 is 1.33 bits per heavy atom. The fourth-order valence-corrected chi connectivity index (χ4v) is 2.43. The summed E-state index contributed by atoms with van der Waals surface area (Å²) in [5.74, 6) is 0.671. The number of piperidine rings is 1. The van der Waals surface area contributed by atoms with Crippen molar-refractivity contribution >= 4 is 5.91 Å². The second kappa shape index (κ2) is 6.01. The highest BCUT2D eigenvalue weighted by atomic mass is 16.1. The highest BCUT2D eigenvalue weighted by Crippen LogP contribution is 2.11. The van der Waals surface area contributed by atoms with E-state index >= 15 is 0 Å². The zero-order chi connectivity index (χ0) is 13.0. The summed E-state index contributed by atoms with van der Waals surface area (Å²) in [5.41, 5.74) is 2.02. The van der Waals surface area contributed by atoms with Crippen LogP contribution in [0.3, 0.4) is 0 Å². The molecule has 2 N–H and O–H groups in total. The summed E-state index contributed by atoms with van der Waals surface area (Å²) in [7, 11) is 0. The first-order chi connectivity index (χ1) is 8.69. The molecule has 18 heavy (non-hydrogen) atoms. The third-order valence-electron chi connectivity index (χ3n) is 3.53. The maximum atomic E-state index is 12.1. The Kier molecular flexibility index (Phi) is 4.37. The molecule has 1 aromatic carbocycles. The van der Waals surface area contributed by atoms with Crippen molar-refractivity contribution in [1.29, 1.82) is 0 Å². The van der Waals surface area contributed by atoms with Crippen molar-refractivity contribution < 1.29 is 4.79 Å². The van der Waals surface area contributed by atoms with Crippen LogP contribution in [0.15, 0.2) is 24.3 Å². The van der Waals surface area contributed by atoms with E-state index in [0.29, 0.717) is 5.92 Å². The molecule has 1 aliphatic rings. The number of nitrogens with one attached hydrogen (secondary N) is 2. The van der Waals surface area contributed by atoms with Gasteiger partial charge in [0.15, 0.2) is 0 Å². The average Bonchev–Trinajstić information content (AvgIpc) is 2.39. The number of hydrogen-bond acceptors (Lipinski definition) is 2. The Balaban J connectivity index is 1.94. The van der Waals surface area contributed by atoms with Gasteiger partial charge < -0.3 is 10.6 Å². The van der Waals surface area contributed by atoms with E-state index < -0.39 is 0 Å². The fraction of sp³-hybridized carbons (Fsp3) is 0.533. The molecule has 1 heterocycles. The first-order valence-corrected chi connectivity index (χ1v) is 6.79.